The van der Waals surface area contributed by atoms with Gasteiger partial charge in [-0.05, 0) is 38.2 Å². The van der Waals surface area contributed by atoms with Crippen LogP contribution in [0.15, 0.2) is 30.3 Å². The van der Waals surface area contributed by atoms with Gasteiger partial charge in [-0.15, -0.1) is 0 Å². The minimum atomic E-state index is -2.86. The summed E-state index contributed by atoms with van der Waals surface area (Å²) >= 11 is 0. The average Bonchev–Trinajstić information content (AvgIpc) is 2.65. The molecule has 0 heterocycles. The molecule has 0 saturated carbocycles. The van der Waals surface area contributed by atoms with Crippen molar-refractivity contribution in [1.29, 1.82) is 0 Å². The second-order valence-corrected chi connectivity index (χ2v) is 9.62. The molecule has 6 heteroatoms. The Balaban J connectivity index is 3.11. The van der Waals surface area contributed by atoms with Crippen LogP contribution in [0.25, 0.3) is 0 Å². The molecule has 1 aromatic carbocycles. The van der Waals surface area contributed by atoms with E-state index in [-0.39, 0.29) is 11.7 Å². The second-order valence-electron chi connectivity index (χ2n) is 6.73. The van der Waals surface area contributed by atoms with Gasteiger partial charge in [-0.2, -0.15) is 0 Å². The molecule has 5 nitrogen and oxygen atoms in total. The third kappa shape index (κ3) is 8.29. The van der Waals surface area contributed by atoms with Crippen LogP contribution in [-0.2, 0) is 19.7 Å². The molecule has 0 saturated heterocycles. The van der Waals surface area contributed by atoms with Crippen molar-refractivity contribution < 1.29 is 13.3 Å². The van der Waals surface area contributed by atoms with E-state index in [2.05, 4.69) is 50.4 Å². The Morgan fingerprint density at radius 1 is 0.923 bits per heavy atom. The fraction of sp³-hybridized carbons (Fsp3) is 0.700. The average molecular weight is 383 g/mol. The van der Waals surface area contributed by atoms with Gasteiger partial charge in [0.15, 0.2) is 0 Å². The summed E-state index contributed by atoms with van der Waals surface area (Å²) in [6.45, 7) is 11.0. The molecular formula is C20H38N2O3Si. The molecule has 2 atom stereocenters. The van der Waals surface area contributed by atoms with Crippen molar-refractivity contribution in [3.05, 3.63) is 35.9 Å². The zero-order valence-corrected chi connectivity index (χ0v) is 18.0. The summed E-state index contributed by atoms with van der Waals surface area (Å²) in [5.74, 6) is 0. The predicted molar refractivity (Wildman–Crippen MR) is 110 cm³/mol. The maximum Gasteiger partial charge on any atom is 0.505 e. The molecule has 0 bridgehead atoms. The van der Waals surface area contributed by atoms with E-state index in [1.807, 2.05) is 13.0 Å². The van der Waals surface area contributed by atoms with Crippen molar-refractivity contribution in [2.24, 2.45) is 5.73 Å². The van der Waals surface area contributed by atoms with Gasteiger partial charge >= 0.3 is 8.80 Å². The highest BCUT2D eigenvalue weighted by molar-refractivity contribution is 6.62. The monoisotopic (exact) mass is 382 g/mol. The fourth-order valence-electron chi connectivity index (χ4n) is 2.76. The molecule has 1 rings (SSSR count). The van der Waals surface area contributed by atoms with Crippen LogP contribution in [0.3, 0.4) is 0 Å². The van der Waals surface area contributed by atoms with Crippen molar-refractivity contribution in [2.75, 3.05) is 26.4 Å². The minimum Gasteiger partial charge on any atom is -0.373 e. The van der Waals surface area contributed by atoms with E-state index in [4.69, 9.17) is 19.0 Å². The van der Waals surface area contributed by atoms with Crippen LogP contribution in [0.1, 0.15) is 52.5 Å². The van der Waals surface area contributed by atoms with Gasteiger partial charge in [0.25, 0.3) is 0 Å². The fourth-order valence-corrected chi connectivity index (χ4v) is 6.04. The quantitative estimate of drug-likeness (QED) is 0.357. The van der Waals surface area contributed by atoms with Crippen LogP contribution in [-0.4, -0.2) is 41.3 Å². The first kappa shape index (κ1) is 23.3. The lowest BCUT2D eigenvalue weighted by molar-refractivity contribution is 0.0488. The maximum absolute atomic E-state index is 6.36. The number of benzene rings is 1. The van der Waals surface area contributed by atoms with Crippen molar-refractivity contribution >= 4 is 8.80 Å². The number of rotatable bonds is 15. The second kappa shape index (κ2) is 13.4. The molecular weight excluding hydrogens is 344 g/mol. The summed E-state index contributed by atoms with van der Waals surface area (Å²) < 4.78 is 19.1. The number of nitrogens with two attached hydrogens (primary N) is 1. The molecule has 26 heavy (non-hydrogen) atoms. The Labute approximate surface area is 161 Å². The van der Waals surface area contributed by atoms with Crippen molar-refractivity contribution in [2.45, 2.75) is 65.1 Å². The number of nitrogens with one attached hydrogen (secondary N) is 1. The number of hydrogen-bond acceptors (Lipinski definition) is 5. The zero-order chi connectivity index (χ0) is 19.3. The van der Waals surface area contributed by atoms with Crippen LogP contribution in [0, 0.1) is 0 Å². The third-order valence-electron chi connectivity index (χ3n) is 4.03. The summed E-state index contributed by atoms with van der Waals surface area (Å²) in [4.78, 5) is 0. The first-order valence-electron chi connectivity index (χ1n) is 10.0. The largest absolute Gasteiger partial charge is 0.505 e. The molecule has 0 spiro atoms. The SMILES string of the molecule is CCCO[Si](OCCC)(OCCC)C(CNC(C)N)Cc1ccccc1. The highest BCUT2D eigenvalue weighted by Gasteiger charge is 2.49. The lowest BCUT2D eigenvalue weighted by Crippen LogP contribution is -2.55. The Bertz CT molecular complexity index is 438. The van der Waals surface area contributed by atoms with Gasteiger partial charge in [0.05, 0.1) is 6.17 Å². The van der Waals surface area contributed by atoms with Crippen molar-refractivity contribution in [3.63, 3.8) is 0 Å². The first-order valence-corrected chi connectivity index (χ1v) is 11.8. The van der Waals surface area contributed by atoms with Crippen LogP contribution in [0.4, 0.5) is 0 Å². The Morgan fingerprint density at radius 3 is 1.85 bits per heavy atom. The minimum absolute atomic E-state index is 0.0801. The summed E-state index contributed by atoms with van der Waals surface area (Å²) in [5.41, 5.74) is 7.35. The number of hydrogen-bond donors (Lipinski definition) is 2. The Hall–Kier alpha value is -0.763. The standard InChI is InChI=1S/C20H38N2O3Si/c1-5-13-23-26(24-14-6-2,25-15-7-3)20(17-22-18(4)21)16-19-11-9-8-10-12-19/h8-12,18,20,22H,5-7,13-17,21H2,1-4H3. The Morgan fingerprint density at radius 2 is 1.42 bits per heavy atom. The molecule has 0 aliphatic rings. The molecule has 1 aromatic rings. The molecule has 0 aromatic heterocycles. The van der Waals surface area contributed by atoms with Crippen molar-refractivity contribution in [3.8, 4) is 0 Å². The van der Waals surface area contributed by atoms with Gasteiger partial charge in [0.2, 0.25) is 0 Å². The van der Waals surface area contributed by atoms with Crippen LogP contribution < -0.4 is 11.1 Å². The smallest absolute Gasteiger partial charge is 0.373 e. The molecule has 3 N–H and O–H groups in total. The Kier molecular flexibility index (Phi) is 12.0. The van der Waals surface area contributed by atoms with Gasteiger partial charge < -0.3 is 24.3 Å². The molecule has 2 unspecified atom stereocenters. The molecule has 0 aliphatic carbocycles. The van der Waals surface area contributed by atoms with E-state index < -0.39 is 8.80 Å². The molecule has 0 amide bonds. The van der Waals surface area contributed by atoms with E-state index >= 15 is 0 Å². The molecule has 150 valence electrons. The maximum atomic E-state index is 6.36. The molecule has 0 fully saturated rings. The normalized spacial score (nSPS) is 14.3. The van der Waals surface area contributed by atoms with E-state index in [0.29, 0.717) is 19.8 Å². The first-order chi connectivity index (χ1) is 12.6. The van der Waals surface area contributed by atoms with E-state index in [0.717, 1.165) is 32.2 Å². The zero-order valence-electron chi connectivity index (χ0n) is 17.0. The summed E-state index contributed by atoms with van der Waals surface area (Å²) in [7, 11) is -2.86. The van der Waals surface area contributed by atoms with Gasteiger partial charge in [-0.1, -0.05) is 51.1 Å². The summed E-state index contributed by atoms with van der Waals surface area (Å²) in [5, 5.41) is 3.37. The van der Waals surface area contributed by atoms with Gasteiger partial charge in [-0.25, -0.2) is 0 Å². The molecule has 0 aliphatic heterocycles. The topological polar surface area (TPSA) is 65.7 Å². The highest BCUT2D eigenvalue weighted by atomic mass is 28.4. The van der Waals surface area contributed by atoms with Crippen LogP contribution >= 0.6 is 0 Å². The van der Waals surface area contributed by atoms with E-state index in [9.17, 15) is 0 Å². The highest BCUT2D eigenvalue weighted by Crippen LogP contribution is 2.30. The van der Waals surface area contributed by atoms with Gasteiger partial charge in [-0.3, -0.25) is 0 Å². The summed E-state index contributed by atoms with van der Waals surface area (Å²) in [6, 6.07) is 10.5. The predicted octanol–water partition coefficient (Wildman–Crippen LogP) is 3.71. The van der Waals surface area contributed by atoms with E-state index in [1.165, 1.54) is 5.56 Å². The van der Waals surface area contributed by atoms with Crippen LogP contribution in [0.2, 0.25) is 5.54 Å². The van der Waals surface area contributed by atoms with Gasteiger partial charge in [0, 0.05) is 31.9 Å². The van der Waals surface area contributed by atoms with Crippen LogP contribution in [0.5, 0.6) is 0 Å². The lowest BCUT2D eigenvalue weighted by atomic mass is 10.1. The lowest BCUT2D eigenvalue weighted by Gasteiger charge is -2.36. The van der Waals surface area contributed by atoms with Gasteiger partial charge in [0.1, 0.15) is 0 Å². The summed E-state index contributed by atoms with van der Waals surface area (Å²) in [6.07, 6.45) is 3.60. The molecule has 0 radical (unpaired) electrons. The van der Waals surface area contributed by atoms with Crippen molar-refractivity contribution in [1.82, 2.24) is 5.32 Å². The third-order valence-corrected chi connectivity index (χ3v) is 7.26. The van der Waals surface area contributed by atoms with E-state index in [1.54, 1.807) is 0 Å².